The Morgan fingerprint density at radius 1 is 1.35 bits per heavy atom. The minimum absolute atomic E-state index is 0.197. The lowest BCUT2D eigenvalue weighted by atomic mass is 9.90. The maximum atomic E-state index is 13.1. The van der Waals surface area contributed by atoms with Crippen molar-refractivity contribution in [1.29, 1.82) is 0 Å². The van der Waals surface area contributed by atoms with E-state index in [-0.39, 0.29) is 5.56 Å². The summed E-state index contributed by atoms with van der Waals surface area (Å²) in [5.41, 5.74) is 4.63. The van der Waals surface area contributed by atoms with Gasteiger partial charge in [-0.1, -0.05) is 18.2 Å². The molecule has 0 radical (unpaired) electrons. The third kappa shape index (κ3) is 3.04. The van der Waals surface area contributed by atoms with Crippen LogP contribution in [0.5, 0.6) is 0 Å². The molecule has 1 aromatic rings. The number of rotatable bonds is 2. The molecule has 7 heteroatoms. The quantitative estimate of drug-likeness (QED) is 0.871. The number of amides is 2. The van der Waals surface area contributed by atoms with Gasteiger partial charge in [0.05, 0.1) is 11.6 Å². The summed E-state index contributed by atoms with van der Waals surface area (Å²) >= 11 is 0. The van der Waals surface area contributed by atoms with Crippen LogP contribution >= 0.6 is 0 Å². The summed E-state index contributed by atoms with van der Waals surface area (Å²) < 4.78 is 39.2. The molecular formula is C13H16F3N3O. The molecule has 1 aliphatic heterocycles. The minimum Gasteiger partial charge on any atom is -0.352 e. The molecule has 1 saturated heterocycles. The molecule has 3 N–H and O–H groups in total. The lowest BCUT2D eigenvalue weighted by Gasteiger charge is -2.22. The second-order valence-electron chi connectivity index (χ2n) is 5.03. The van der Waals surface area contributed by atoms with E-state index in [1.165, 1.54) is 12.1 Å². The van der Waals surface area contributed by atoms with Gasteiger partial charge in [0.25, 0.3) is 0 Å². The van der Waals surface area contributed by atoms with Gasteiger partial charge in [0.2, 0.25) is 0 Å². The molecule has 1 aromatic carbocycles. The SMILES string of the molecule is CN1CC(NC(N)=O)C(c2ccccc2C(F)(F)F)C1. The van der Waals surface area contributed by atoms with Crippen molar-refractivity contribution in [2.75, 3.05) is 20.1 Å². The largest absolute Gasteiger partial charge is 0.416 e. The van der Waals surface area contributed by atoms with E-state index in [0.717, 1.165) is 6.07 Å². The highest BCUT2D eigenvalue weighted by atomic mass is 19.4. The number of primary amides is 1. The number of carbonyl (C=O) groups excluding carboxylic acids is 1. The zero-order valence-corrected chi connectivity index (χ0v) is 10.9. The molecule has 1 aliphatic rings. The Hall–Kier alpha value is -1.76. The number of likely N-dealkylation sites (tertiary alicyclic amines) is 1. The van der Waals surface area contributed by atoms with Crippen molar-refractivity contribution in [3.63, 3.8) is 0 Å². The van der Waals surface area contributed by atoms with Crippen LogP contribution in [0.15, 0.2) is 24.3 Å². The molecule has 0 saturated carbocycles. The first kappa shape index (κ1) is 14.6. The van der Waals surface area contributed by atoms with E-state index in [9.17, 15) is 18.0 Å². The van der Waals surface area contributed by atoms with Crippen molar-refractivity contribution < 1.29 is 18.0 Å². The van der Waals surface area contributed by atoms with E-state index in [4.69, 9.17) is 5.73 Å². The van der Waals surface area contributed by atoms with Gasteiger partial charge < -0.3 is 16.0 Å². The van der Waals surface area contributed by atoms with E-state index in [1.807, 2.05) is 4.90 Å². The van der Waals surface area contributed by atoms with Gasteiger partial charge in [-0.25, -0.2) is 4.79 Å². The van der Waals surface area contributed by atoms with Crippen LogP contribution in [-0.4, -0.2) is 37.1 Å². The first-order valence-corrected chi connectivity index (χ1v) is 6.19. The number of likely N-dealkylation sites (N-methyl/N-ethyl adjacent to an activating group) is 1. The molecule has 0 aromatic heterocycles. The Kier molecular flexibility index (Phi) is 3.89. The predicted molar refractivity (Wildman–Crippen MR) is 68.2 cm³/mol. The Morgan fingerprint density at radius 2 is 2.00 bits per heavy atom. The van der Waals surface area contributed by atoms with Crippen LogP contribution in [0.4, 0.5) is 18.0 Å². The van der Waals surface area contributed by atoms with Crippen LogP contribution in [0, 0.1) is 0 Å². The lowest BCUT2D eigenvalue weighted by molar-refractivity contribution is -0.138. The van der Waals surface area contributed by atoms with E-state index < -0.39 is 29.7 Å². The van der Waals surface area contributed by atoms with Gasteiger partial charge in [-0.2, -0.15) is 13.2 Å². The third-order valence-electron chi connectivity index (χ3n) is 3.50. The molecule has 0 bridgehead atoms. The highest BCUT2D eigenvalue weighted by Gasteiger charge is 2.40. The molecule has 2 unspecified atom stereocenters. The molecule has 1 heterocycles. The Bertz CT molecular complexity index is 504. The normalized spacial score (nSPS) is 23.8. The highest BCUT2D eigenvalue weighted by molar-refractivity contribution is 5.72. The Labute approximate surface area is 114 Å². The number of urea groups is 1. The number of nitrogens with zero attached hydrogens (tertiary/aromatic N) is 1. The fourth-order valence-electron chi connectivity index (χ4n) is 2.72. The van der Waals surface area contributed by atoms with Crippen molar-refractivity contribution in [2.45, 2.75) is 18.1 Å². The van der Waals surface area contributed by atoms with Gasteiger partial charge in [0.1, 0.15) is 0 Å². The molecular weight excluding hydrogens is 271 g/mol. The number of benzene rings is 1. The van der Waals surface area contributed by atoms with Gasteiger partial charge in [-0.05, 0) is 18.7 Å². The van der Waals surface area contributed by atoms with E-state index in [1.54, 1.807) is 13.1 Å². The molecule has 1 fully saturated rings. The summed E-state index contributed by atoms with van der Waals surface area (Å²) in [6, 6.07) is 4.32. The molecule has 0 spiro atoms. The van der Waals surface area contributed by atoms with Crippen LogP contribution in [0.1, 0.15) is 17.0 Å². The second-order valence-corrected chi connectivity index (χ2v) is 5.03. The smallest absolute Gasteiger partial charge is 0.352 e. The number of carbonyl (C=O) groups is 1. The monoisotopic (exact) mass is 287 g/mol. The average Bonchev–Trinajstić information content (AvgIpc) is 2.68. The van der Waals surface area contributed by atoms with Crippen molar-refractivity contribution >= 4 is 6.03 Å². The van der Waals surface area contributed by atoms with Crippen molar-refractivity contribution in [1.82, 2.24) is 10.2 Å². The van der Waals surface area contributed by atoms with Crippen molar-refractivity contribution in [3.05, 3.63) is 35.4 Å². The van der Waals surface area contributed by atoms with Gasteiger partial charge >= 0.3 is 12.2 Å². The lowest BCUT2D eigenvalue weighted by Crippen LogP contribution is -2.42. The van der Waals surface area contributed by atoms with Crippen LogP contribution in [0.3, 0.4) is 0 Å². The van der Waals surface area contributed by atoms with Crippen LogP contribution in [-0.2, 0) is 6.18 Å². The summed E-state index contributed by atoms with van der Waals surface area (Å²) in [5, 5.41) is 2.53. The second kappa shape index (κ2) is 5.32. The van der Waals surface area contributed by atoms with Crippen LogP contribution < -0.4 is 11.1 Å². The fourth-order valence-corrected chi connectivity index (χ4v) is 2.72. The van der Waals surface area contributed by atoms with E-state index in [2.05, 4.69) is 5.32 Å². The summed E-state index contributed by atoms with van der Waals surface area (Å²) in [6.45, 7) is 0.915. The van der Waals surface area contributed by atoms with Crippen LogP contribution in [0.25, 0.3) is 0 Å². The molecule has 2 atom stereocenters. The molecule has 20 heavy (non-hydrogen) atoms. The topological polar surface area (TPSA) is 58.4 Å². The summed E-state index contributed by atoms with van der Waals surface area (Å²) in [4.78, 5) is 12.9. The van der Waals surface area contributed by atoms with Crippen LogP contribution in [0.2, 0.25) is 0 Å². The summed E-state index contributed by atoms with van der Waals surface area (Å²) in [7, 11) is 1.80. The first-order valence-electron chi connectivity index (χ1n) is 6.19. The maximum absolute atomic E-state index is 13.1. The fraction of sp³-hybridized carbons (Fsp3) is 0.462. The number of halogens is 3. The van der Waals surface area contributed by atoms with Crippen molar-refractivity contribution in [3.8, 4) is 0 Å². The third-order valence-corrected chi connectivity index (χ3v) is 3.50. The summed E-state index contributed by atoms with van der Waals surface area (Å²) in [5.74, 6) is -0.426. The minimum atomic E-state index is -4.41. The number of nitrogens with one attached hydrogen (secondary N) is 1. The number of alkyl halides is 3. The summed E-state index contributed by atoms with van der Waals surface area (Å²) in [6.07, 6.45) is -4.41. The maximum Gasteiger partial charge on any atom is 0.416 e. The van der Waals surface area contributed by atoms with Gasteiger partial charge in [-0.3, -0.25) is 0 Å². The molecule has 2 rings (SSSR count). The zero-order valence-electron chi connectivity index (χ0n) is 10.9. The van der Waals surface area contributed by atoms with E-state index >= 15 is 0 Å². The predicted octanol–water partition coefficient (Wildman–Crippen LogP) is 1.77. The molecule has 110 valence electrons. The van der Waals surface area contributed by atoms with Gasteiger partial charge in [0, 0.05) is 19.0 Å². The number of hydrogen-bond donors (Lipinski definition) is 2. The molecule has 2 amide bonds. The molecule has 0 aliphatic carbocycles. The number of nitrogens with two attached hydrogens (primary N) is 1. The average molecular weight is 287 g/mol. The Balaban J connectivity index is 2.37. The van der Waals surface area contributed by atoms with E-state index in [0.29, 0.717) is 13.1 Å². The molecule has 4 nitrogen and oxygen atoms in total. The van der Waals surface area contributed by atoms with Gasteiger partial charge in [0.15, 0.2) is 0 Å². The number of hydrogen-bond acceptors (Lipinski definition) is 2. The van der Waals surface area contributed by atoms with Gasteiger partial charge in [-0.15, -0.1) is 0 Å². The van der Waals surface area contributed by atoms with Crippen molar-refractivity contribution in [2.24, 2.45) is 5.73 Å². The highest BCUT2D eigenvalue weighted by Crippen LogP contribution is 2.38. The Morgan fingerprint density at radius 3 is 2.60 bits per heavy atom. The standard InChI is InChI=1S/C13H16F3N3O/c1-19-6-9(11(7-19)18-12(17)20)8-4-2-3-5-10(8)13(14,15)16/h2-5,9,11H,6-7H2,1H3,(H3,17,18,20). The zero-order chi connectivity index (χ0) is 14.9. The first-order chi connectivity index (χ1) is 9.29.